The highest BCUT2D eigenvalue weighted by atomic mass is 16.5. The lowest BCUT2D eigenvalue weighted by atomic mass is 9.89. The Morgan fingerprint density at radius 1 is 1.12 bits per heavy atom. The fourth-order valence-corrected chi connectivity index (χ4v) is 0.967. The summed E-state index contributed by atoms with van der Waals surface area (Å²) >= 11 is 0. The Bertz CT molecular complexity index is 342. The highest BCUT2D eigenvalue weighted by Gasteiger charge is 2.37. The highest BCUT2D eigenvalue weighted by Crippen LogP contribution is 2.29. The Kier molecular flexibility index (Phi) is 4.44. The molecule has 0 saturated heterocycles. The summed E-state index contributed by atoms with van der Waals surface area (Å²) < 4.78 is 5.64. The minimum Gasteiger partial charge on any atom is -0.508 e. The second-order valence-corrected chi connectivity index (χ2v) is 4.67. The highest BCUT2D eigenvalue weighted by molar-refractivity contribution is 5.75. The zero-order valence-corrected chi connectivity index (χ0v) is 9.61. The minimum absolute atomic E-state index is 0. The molecule has 0 spiro atoms. The molecule has 0 heterocycles. The van der Waals surface area contributed by atoms with Gasteiger partial charge in [0.25, 0.3) is 0 Å². The van der Waals surface area contributed by atoms with Crippen LogP contribution in [-0.2, 0) is 0 Å². The first-order valence-corrected chi connectivity index (χ1v) is 4.93. The van der Waals surface area contributed by atoms with Crippen molar-refractivity contribution in [3.63, 3.8) is 0 Å². The van der Waals surface area contributed by atoms with Crippen molar-refractivity contribution in [3.8, 4) is 11.5 Å². The molecule has 0 atom stereocenters. The van der Waals surface area contributed by atoms with Gasteiger partial charge in [0.05, 0.1) is 14.0 Å². The van der Waals surface area contributed by atoms with Crippen molar-refractivity contribution in [2.24, 2.45) is 0 Å². The van der Waals surface area contributed by atoms with E-state index in [1.807, 2.05) is 0 Å². The fourth-order valence-electron chi connectivity index (χ4n) is 0.967. The number of benzene rings is 1. The molecule has 1 aromatic carbocycles. The number of hydrogen-bond donors (Lipinski definition) is 2. The largest absolute Gasteiger partial charge is 0.508 e. The first-order chi connectivity index (χ1) is 6.72. The van der Waals surface area contributed by atoms with Gasteiger partial charge in [-0.3, -0.25) is 0 Å². The van der Waals surface area contributed by atoms with Crippen molar-refractivity contribution in [1.82, 2.24) is 0 Å². The van der Waals surface area contributed by atoms with Crippen LogP contribution >= 0.6 is 0 Å². The quantitative estimate of drug-likeness (QED) is 0.757. The summed E-state index contributed by atoms with van der Waals surface area (Å²) in [4.78, 5) is 0. The lowest BCUT2D eigenvalue weighted by Crippen LogP contribution is -2.49. The molecule has 2 N–H and O–H groups in total. The summed E-state index contributed by atoms with van der Waals surface area (Å²) in [6.07, 6.45) is 0. The van der Waals surface area contributed by atoms with Crippen molar-refractivity contribution in [2.75, 3.05) is 0 Å². The lowest BCUT2D eigenvalue weighted by Gasteiger charge is -2.37. The zero-order chi connectivity index (χ0) is 11.7. The number of ether oxygens (including phenoxy) is 1. The van der Waals surface area contributed by atoms with Gasteiger partial charge in [0.2, 0.25) is 0 Å². The van der Waals surface area contributed by atoms with Gasteiger partial charge in [0, 0.05) is 6.07 Å². The van der Waals surface area contributed by atoms with E-state index >= 15 is 0 Å². The molecule has 0 saturated carbocycles. The maximum absolute atomic E-state index is 9.89. The third-order valence-electron chi connectivity index (χ3n) is 2.66. The van der Waals surface area contributed by atoms with Gasteiger partial charge in [-0.25, -0.2) is 0 Å². The number of phenols is 1. The van der Waals surface area contributed by atoms with Crippen molar-refractivity contribution in [2.45, 2.75) is 38.9 Å². The van der Waals surface area contributed by atoms with Crippen molar-refractivity contribution < 1.29 is 14.9 Å². The molecule has 16 heavy (non-hydrogen) atoms. The van der Waals surface area contributed by atoms with Crippen molar-refractivity contribution in [3.05, 3.63) is 24.3 Å². The molecule has 0 radical (unpaired) electrons. The van der Waals surface area contributed by atoms with Crippen molar-refractivity contribution in [1.29, 1.82) is 0 Å². The molecule has 0 aromatic heterocycles. The molecule has 0 aliphatic rings. The van der Waals surface area contributed by atoms with E-state index in [1.54, 1.807) is 45.9 Å². The summed E-state index contributed by atoms with van der Waals surface area (Å²) in [5.74, 6) is 0.696. The van der Waals surface area contributed by atoms with Gasteiger partial charge in [-0.15, -0.1) is 0 Å². The van der Waals surface area contributed by atoms with E-state index in [1.165, 1.54) is 6.07 Å². The number of hydrogen-bond acceptors (Lipinski definition) is 3. The van der Waals surface area contributed by atoms with Gasteiger partial charge in [-0.2, -0.15) is 0 Å². The molecule has 90 valence electrons. The molecule has 0 unspecified atom stereocenters. The Balaban J connectivity index is 0.00000225. The molecule has 1 aromatic rings. The molecule has 1 rings (SSSR count). The van der Waals surface area contributed by atoms with Crippen LogP contribution in [-0.4, -0.2) is 29.8 Å². The summed E-state index contributed by atoms with van der Waals surface area (Å²) in [5.41, 5.74) is -1.68. The third kappa shape index (κ3) is 3.45. The smallest absolute Gasteiger partial charge is 0.131 e. The molecule has 3 nitrogen and oxygen atoms in total. The van der Waals surface area contributed by atoms with Gasteiger partial charge in [-0.1, -0.05) is 6.07 Å². The van der Waals surface area contributed by atoms with E-state index in [0.29, 0.717) is 5.75 Å². The van der Waals surface area contributed by atoms with E-state index < -0.39 is 11.2 Å². The second kappa shape index (κ2) is 4.79. The molecular weight excluding hydrogens is 203 g/mol. The standard InChI is InChI=1S/C12H18O3.BH3/c1-11(2,14)12(3,4)15-10-7-5-6-9(13)8-10;/h5-8,13-14H,1-4H3;1H3. The Hall–Kier alpha value is -1.16. The maximum Gasteiger partial charge on any atom is 0.131 e. The monoisotopic (exact) mass is 224 g/mol. The molecular formula is C12H21BO3. The van der Waals surface area contributed by atoms with Crippen LogP contribution in [0.2, 0.25) is 0 Å². The van der Waals surface area contributed by atoms with Gasteiger partial charge in [-0.05, 0) is 39.8 Å². The first kappa shape index (κ1) is 14.8. The lowest BCUT2D eigenvalue weighted by molar-refractivity contribution is -0.0907. The molecule has 0 amide bonds. The number of aromatic hydroxyl groups is 1. The van der Waals surface area contributed by atoms with Gasteiger partial charge in [0.15, 0.2) is 0 Å². The van der Waals surface area contributed by atoms with Crippen LogP contribution < -0.4 is 4.74 Å². The third-order valence-corrected chi connectivity index (χ3v) is 2.66. The van der Waals surface area contributed by atoms with Crippen molar-refractivity contribution >= 4 is 8.41 Å². The average molecular weight is 224 g/mol. The summed E-state index contributed by atoms with van der Waals surface area (Å²) in [7, 11) is 0. The average Bonchev–Trinajstić information content (AvgIpc) is 2.00. The van der Waals surface area contributed by atoms with Crippen LogP contribution in [0.15, 0.2) is 24.3 Å². The van der Waals surface area contributed by atoms with Crippen LogP contribution in [0, 0.1) is 0 Å². The molecule has 0 aliphatic carbocycles. The molecule has 0 aliphatic heterocycles. The first-order valence-electron chi connectivity index (χ1n) is 4.93. The molecule has 4 heteroatoms. The van der Waals surface area contributed by atoms with E-state index in [0.717, 1.165) is 0 Å². The fraction of sp³-hybridized carbons (Fsp3) is 0.500. The predicted octanol–water partition coefficient (Wildman–Crippen LogP) is 1.14. The Morgan fingerprint density at radius 3 is 2.12 bits per heavy atom. The second-order valence-electron chi connectivity index (χ2n) is 4.67. The SMILES string of the molecule is B.CC(C)(O)C(C)(C)Oc1cccc(O)c1. The predicted molar refractivity (Wildman–Crippen MR) is 69.1 cm³/mol. The summed E-state index contributed by atoms with van der Waals surface area (Å²) in [5, 5.41) is 19.2. The Labute approximate surface area is 98.6 Å². The van der Waals surface area contributed by atoms with Gasteiger partial charge >= 0.3 is 0 Å². The zero-order valence-electron chi connectivity index (χ0n) is 9.61. The number of aliphatic hydroxyl groups is 1. The van der Waals surface area contributed by atoms with Crippen LogP contribution in [0.5, 0.6) is 11.5 Å². The van der Waals surface area contributed by atoms with E-state index in [2.05, 4.69) is 0 Å². The minimum atomic E-state index is -0.960. The van der Waals surface area contributed by atoms with Crippen LogP contribution in [0.25, 0.3) is 0 Å². The maximum atomic E-state index is 9.89. The number of phenolic OH excluding ortho intramolecular Hbond substituents is 1. The van der Waals surface area contributed by atoms with E-state index in [9.17, 15) is 10.2 Å². The van der Waals surface area contributed by atoms with Crippen LogP contribution in [0.4, 0.5) is 0 Å². The summed E-state index contributed by atoms with van der Waals surface area (Å²) in [6.45, 7) is 6.99. The molecule has 0 bridgehead atoms. The summed E-state index contributed by atoms with van der Waals surface area (Å²) in [6, 6.07) is 6.54. The molecule has 0 fully saturated rings. The Morgan fingerprint density at radius 2 is 1.69 bits per heavy atom. The number of rotatable bonds is 3. The van der Waals surface area contributed by atoms with E-state index in [4.69, 9.17) is 4.74 Å². The van der Waals surface area contributed by atoms with Gasteiger partial charge < -0.3 is 14.9 Å². The van der Waals surface area contributed by atoms with Gasteiger partial charge in [0.1, 0.15) is 17.1 Å². The van der Waals surface area contributed by atoms with Crippen LogP contribution in [0.3, 0.4) is 0 Å². The van der Waals surface area contributed by atoms with E-state index in [-0.39, 0.29) is 14.2 Å². The van der Waals surface area contributed by atoms with Crippen LogP contribution in [0.1, 0.15) is 27.7 Å². The topological polar surface area (TPSA) is 49.7 Å². The normalized spacial score (nSPS) is 11.8.